The Balaban J connectivity index is 1.12. The van der Waals surface area contributed by atoms with E-state index in [2.05, 4.69) is 219 Å². The predicted octanol–water partition coefficient (Wildman–Crippen LogP) is 15.4. The SMILES string of the molecule is CC1(C)c2ccccc2-c2cccc(-c3ccccc3N(c3ccc4c(c3)C3(c5ccccc5-c5ccccc53)c3ccccc3-4)c3cccc4c3oc3ccccc34)c21. The quantitative estimate of drug-likeness (QED) is 0.177. The third-order valence-electron chi connectivity index (χ3n) is 13.9. The minimum absolute atomic E-state index is 0.186. The van der Waals surface area contributed by atoms with Gasteiger partial charge in [0.2, 0.25) is 0 Å². The lowest BCUT2D eigenvalue weighted by Gasteiger charge is -2.33. The largest absolute Gasteiger partial charge is 0.454 e. The molecular formula is C58H39NO. The maximum atomic E-state index is 6.89. The van der Waals surface area contributed by atoms with Crippen LogP contribution >= 0.6 is 0 Å². The Hall–Kier alpha value is -7.42. The van der Waals surface area contributed by atoms with Crippen molar-refractivity contribution in [2.45, 2.75) is 24.7 Å². The van der Waals surface area contributed by atoms with Crippen molar-refractivity contribution in [3.05, 3.63) is 234 Å². The summed E-state index contributed by atoms with van der Waals surface area (Å²) in [6.07, 6.45) is 0. The molecule has 2 heteroatoms. The van der Waals surface area contributed by atoms with Gasteiger partial charge in [-0.05, 0) is 103 Å². The Kier molecular flexibility index (Phi) is 6.74. The Morgan fingerprint density at radius 3 is 1.52 bits per heavy atom. The van der Waals surface area contributed by atoms with Gasteiger partial charge in [-0.3, -0.25) is 0 Å². The van der Waals surface area contributed by atoms with Gasteiger partial charge in [0.05, 0.1) is 16.8 Å². The lowest BCUT2D eigenvalue weighted by molar-refractivity contribution is 0.662. The summed E-state index contributed by atoms with van der Waals surface area (Å²) in [6, 6.07) is 74.1. The van der Waals surface area contributed by atoms with Gasteiger partial charge in [0.1, 0.15) is 5.58 Å². The fourth-order valence-corrected chi connectivity index (χ4v) is 11.5. The van der Waals surface area contributed by atoms with E-state index >= 15 is 0 Å². The van der Waals surface area contributed by atoms with Gasteiger partial charge in [0.15, 0.2) is 5.58 Å². The first kappa shape index (κ1) is 33.5. The standard InChI is InChI=1S/C58H39NO/c1-57(2)47-26-9-3-20-40(47)44-23-15-24-45(55(44)57)42-21-7-13-30-52(42)59(53-31-16-25-46-43-22-8-14-32-54(43)60-56(46)53)36-33-34-41-39-19-6-12-29-50(39)58(51(41)35-36)48-27-10-4-17-37(48)38-18-5-11-28-49(38)58/h3-35H,1-2H3. The van der Waals surface area contributed by atoms with Crippen LogP contribution in [-0.2, 0) is 10.8 Å². The number of fused-ring (bicyclic) bond motifs is 16. The molecule has 0 saturated heterocycles. The summed E-state index contributed by atoms with van der Waals surface area (Å²) >= 11 is 0. The lowest BCUT2D eigenvalue weighted by Crippen LogP contribution is -2.26. The number of para-hydroxylation sites is 3. The monoisotopic (exact) mass is 765 g/mol. The van der Waals surface area contributed by atoms with E-state index in [0.29, 0.717) is 0 Å². The molecule has 2 nitrogen and oxygen atoms in total. The highest BCUT2D eigenvalue weighted by Crippen LogP contribution is 2.64. The molecule has 0 atom stereocenters. The summed E-state index contributed by atoms with van der Waals surface area (Å²) in [6.45, 7) is 4.76. The van der Waals surface area contributed by atoms with Gasteiger partial charge in [-0.15, -0.1) is 0 Å². The van der Waals surface area contributed by atoms with E-state index in [1.165, 1.54) is 77.9 Å². The predicted molar refractivity (Wildman–Crippen MR) is 248 cm³/mol. The number of anilines is 3. The second-order valence-electron chi connectivity index (χ2n) is 17.1. The summed E-state index contributed by atoms with van der Waals surface area (Å²) in [5.74, 6) is 0. The van der Waals surface area contributed by atoms with Crippen LogP contribution in [0.5, 0.6) is 0 Å². The van der Waals surface area contributed by atoms with Crippen LogP contribution in [-0.4, -0.2) is 0 Å². The molecule has 9 aromatic carbocycles. The molecule has 10 aromatic rings. The average molecular weight is 766 g/mol. The molecule has 0 unspecified atom stereocenters. The summed E-state index contributed by atoms with van der Waals surface area (Å²) in [4.78, 5) is 2.47. The van der Waals surface area contributed by atoms with E-state index in [9.17, 15) is 0 Å². The highest BCUT2D eigenvalue weighted by Gasteiger charge is 2.51. The first-order chi connectivity index (χ1) is 29.5. The van der Waals surface area contributed by atoms with Crippen molar-refractivity contribution >= 4 is 39.0 Å². The maximum Gasteiger partial charge on any atom is 0.159 e. The molecule has 1 spiro atoms. The molecule has 0 radical (unpaired) electrons. The Morgan fingerprint density at radius 2 is 0.833 bits per heavy atom. The zero-order valence-corrected chi connectivity index (χ0v) is 33.4. The highest BCUT2D eigenvalue weighted by atomic mass is 16.3. The first-order valence-corrected chi connectivity index (χ1v) is 21.0. The lowest BCUT2D eigenvalue weighted by atomic mass is 9.70. The second kappa shape index (κ2) is 12.1. The molecule has 3 aliphatic carbocycles. The molecule has 0 N–H and O–H groups in total. The average Bonchev–Trinajstić information content (AvgIpc) is 3.99. The van der Waals surface area contributed by atoms with Crippen molar-refractivity contribution < 1.29 is 4.42 Å². The van der Waals surface area contributed by atoms with Gasteiger partial charge >= 0.3 is 0 Å². The van der Waals surface area contributed by atoms with Crippen LogP contribution in [0.4, 0.5) is 17.1 Å². The third-order valence-corrected chi connectivity index (χ3v) is 13.9. The van der Waals surface area contributed by atoms with Crippen molar-refractivity contribution in [1.82, 2.24) is 0 Å². The van der Waals surface area contributed by atoms with Crippen molar-refractivity contribution in [3.8, 4) is 44.5 Å². The molecule has 0 bridgehead atoms. The van der Waals surface area contributed by atoms with Crippen LogP contribution in [0, 0.1) is 0 Å². The van der Waals surface area contributed by atoms with Crippen LogP contribution in [0.3, 0.4) is 0 Å². The van der Waals surface area contributed by atoms with Crippen molar-refractivity contribution in [3.63, 3.8) is 0 Å². The smallest absolute Gasteiger partial charge is 0.159 e. The molecular weight excluding hydrogens is 727 g/mol. The number of hydrogen-bond donors (Lipinski definition) is 0. The van der Waals surface area contributed by atoms with Crippen LogP contribution in [0.15, 0.2) is 205 Å². The van der Waals surface area contributed by atoms with Crippen molar-refractivity contribution in [2.24, 2.45) is 0 Å². The van der Waals surface area contributed by atoms with Crippen LogP contribution in [0.2, 0.25) is 0 Å². The number of nitrogens with zero attached hydrogens (tertiary/aromatic N) is 1. The first-order valence-electron chi connectivity index (χ1n) is 21.0. The van der Waals surface area contributed by atoms with Crippen molar-refractivity contribution in [2.75, 3.05) is 4.90 Å². The molecule has 0 amide bonds. The van der Waals surface area contributed by atoms with Crippen LogP contribution in [0.25, 0.3) is 66.4 Å². The molecule has 0 fully saturated rings. The zero-order chi connectivity index (χ0) is 39.7. The van der Waals surface area contributed by atoms with Crippen LogP contribution < -0.4 is 4.90 Å². The van der Waals surface area contributed by atoms with E-state index in [4.69, 9.17) is 4.42 Å². The molecule has 13 rings (SSSR count). The molecule has 0 aliphatic heterocycles. The number of benzene rings is 9. The van der Waals surface area contributed by atoms with E-state index in [-0.39, 0.29) is 5.41 Å². The minimum atomic E-state index is -0.471. The zero-order valence-electron chi connectivity index (χ0n) is 33.4. The maximum absolute atomic E-state index is 6.89. The molecule has 282 valence electrons. The van der Waals surface area contributed by atoms with Gasteiger partial charge in [-0.1, -0.05) is 184 Å². The molecule has 3 aliphatic rings. The molecule has 1 heterocycles. The van der Waals surface area contributed by atoms with E-state index in [1.54, 1.807) is 0 Å². The Bertz CT molecular complexity index is 3370. The minimum Gasteiger partial charge on any atom is -0.454 e. The summed E-state index contributed by atoms with van der Waals surface area (Å²) < 4.78 is 6.89. The molecule has 60 heavy (non-hydrogen) atoms. The van der Waals surface area contributed by atoms with Gasteiger partial charge in [0.25, 0.3) is 0 Å². The number of rotatable bonds is 4. The normalized spacial score (nSPS) is 14.4. The van der Waals surface area contributed by atoms with E-state index in [1.807, 2.05) is 0 Å². The van der Waals surface area contributed by atoms with Gasteiger partial charge in [-0.25, -0.2) is 0 Å². The van der Waals surface area contributed by atoms with E-state index < -0.39 is 5.41 Å². The Morgan fingerprint density at radius 1 is 0.367 bits per heavy atom. The summed E-state index contributed by atoms with van der Waals surface area (Å²) in [5, 5.41) is 2.22. The van der Waals surface area contributed by atoms with E-state index in [0.717, 1.165) is 39.0 Å². The highest BCUT2D eigenvalue weighted by molar-refractivity contribution is 6.11. The van der Waals surface area contributed by atoms with Gasteiger partial charge in [-0.2, -0.15) is 0 Å². The fourth-order valence-electron chi connectivity index (χ4n) is 11.5. The number of hydrogen-bond acceptors (Lipinski definition) is 2. The van der Waals surface area contributed by atoms with Gasteiger partial charge in [0, 0.05) is 27.4 Å². The van der Waals surface area contributed by atoms with Crippen molar-refractivity contribution in [1.29, 1.82) is 0 Å². The topological polar surface area (TPSA) is 16.4 Å². The number of furan rings is 1. The summed E-state index contributed by atoms with van der Waals surface area (Å²) in [5.41, 5.74) is 22.5. The summed E-state index contributed by atoms with van der Waals surface area (Å²) in [7, 11) is 0. The Labute approximate surface area is 349 Å². The fraction of sp³-hybridized carbons (Fsp3) is 0.0690. The van der Waals surface area contributed by atoms with Gasteiger partial charge < -0.3 is 9.32 Å². The van der Waals surface area contributed by atoms with Crippen LogP contribution in [0.1, 0.15) is 47.2 Å². The second-order valence-corrected chi connectivity index (χ2v) is 17.1. The third kappa shape index (κ3) is 4.22. The molecule has 0 saturated carbocycles. The molecule has 1 aromatic heterocycles.